The van der Waals surface area contributed by atoms with Crippen LogP contribution in [0.1, 0.15) is 29.9 Å². The van der Waals surface area contributed by atoms with Crippen molar-refractivity contribution in [1.29, 1.82) is 0 Å². The van der Waals surface area contributed by atoms with E-state index in [-0.39, 0.29) is 35.3 Å². The van der Waals surface area contributed by atoms with Gasteiger partial charge in [0, 0.05) is 25.1 Å². The van der Waals surface area contributed by atoms with E-state index < -0.39 is 0 Å². The third-order valence-electron chi connectivity index (χ3n) is 4.29. The lowest BCUT2D eigenvalue weighted by atomic mass is 9.93. The molecule has 1 amide bonds. The molecule has 2 aromatic rings. The van der Waals surface area contributed by atoms with E-state index in [4.69, 9.17) is 4.52 Å². The molecule has 1 aromatic heterocycles. The minimum atomic E-state index is -0.366. The lowest BCUT2D eigenvalue weighted by Gasteiger charge is -2.30. The lowest BCUT2D eigenvalue weighted by molar-refractivity contribution is -0.142. The molecular formula is C17H18FN3O4. The van der Waals surface area contributed by atoms with Crippen molar-refractivity contribution >= 4 is 11.9 Å². The van der Waals surface area contributed by atoms with E-state index in [1.807, 2.05) is 0 Å². The molecule has 2 heterocycles. The molecule has 0 unspecified atom stereocenters. The maximum absolute atomic E-state index is 13.0. The summed E-state index contributed by atoms with van der Waals surface area (Å²) in [6, 6.07) is 5.59. The number of benzene rings is 1. The molecular weight excluding hydrogens is 329 g/mol. The van der Waals surface area contributed by atoms with Crippen molar-refractivity contribution < 1.29 is 23.2 Å². The molecule has 3 rings (SSSR count). The lowest BCUT2D eigenvalue weighted by Crippen LogP contribution is -2.39. The number of rotatable bonds is 4. The van der Waals surface area contributed by atoms with Crippen LogP contribution in [0.4, 0.5) is 4.39 Å². The first-order valence-corrected chi connectivity index (χ1v) is 8.02. The Labute approximate surface area is 143 Å². The molecule has 7 nitrogen and oxygen atoms in total. The Kier molecular flexibility index (Phi) is 5.06. The molecule has 0 radical (unpaired) electrons. The Morgan fingerprint density at radius 2 is 1.96 bits per heavy atom. The number of nitrogens with zero attached hydrogens (tertiary/aromatic N) is 3. The van der Waals surface area contributed by atoms with Crippen molar-refractivity contribution in [2.45, 2.75) is 19.3 Å². The SMILES string of the molecule is COC(=O)CC1CCN(C(=O)c2noc(-c3ccc(F)cc3)n2)CC1. The molecule has 1 aliphatic rings. The normalized spacial score (nSPS) is 15.2. The van der Waals surface area contributed by atoms with Crippen molar-refractivity contribution in [2.75, 3.05) is 20.2 Å². The van der Waals surface area contributed by atoms with Crippen LogP contribution in [-0.4, -0.2) is 47.1 Å². The maximum atomic E-state index is 13.0. The molecule has 1 saturated heterocycles. The molecule has 1 fully saturated rings. The highest BCUT2D eigenvalue weighted by Gasteiger charge is 2.28. The van der Waals surface area contributed by atoms with Crippen LogP contribution in [0.2, 0.25) is 0 Å². The number of likely N-dealkylation sites (tertiary alicyclic amines) is 1. The van der Waals surface area contributed by atoms with Crippen molar-refractivity contribution in [2.24, 2.45) is 5.92 Å². The minimum Gasteiger partial charge on any atom is -0.469 e. The maximum Gasteiger partial charge on any atom is 0.305 e. The molecule has 0 bridgehead atoms. The van der Waals surface area contributed by atoms with Gasteiger partial charge in [-0.3, -0.25) is 9.59 Å². The van der Waals surface area contributed by atoms with Gasteiger partial charge in [-0.15, -0.1) is 0 Å². The van der Waals surface area contributed by atoms with E-state index in [1.165, 1.54) is 31.4 Å². The second kappa shape index (κ2) is 7.42. The molecule has 0 saturated carbocycles. The average Bonchev–Trinajstić information content (AvgIpc) is 3.12. The summed E-state index contributed by atoms with van der Waals surface area (Å²) in [6.07, 6.45) is 1.82. The Balaban J connectivity index is 1.61. The quantitative estimate of drug-likeness (QED) is 0.789. The van der Waals surface area contributed by atoms with Crippen molar-refractivity contribution in [3.63, 3.8) is 0 Å². The molecule has 0 atom stereocenters. The second-order valence-corrected chi connectivity index (χ2v) is 5.95. The van der Waals surface area contributed by atoms with Crippen LogP contribution in [0, 0.1) is 11.7 Å². The predicted molar refractivity (Wildman–Crippen MR) is 85.0 cm³/mol. The number of amides is 1. The number of methoxy groups -OCH3 is 1. The highest BCUT2D eigenvalue weighted by Crippen LogP contribution is 2.23. The van der Waals surface area contributed by atoms with Crippen LogP contribution in [0.5, 0.6) is 0 Å². The van der Waals surface area contributed by atoms with Gasteiger partial charge < -0.3 is 14.2 Å². The molecule has 0 aliphatic carbocycles. The number of hydrogen-bond donors (Lipinski definition) is 0. The zero-order valence-corrected chi connectivity index (χ0v) is 13.8. The Morgan fingerprint density at radius 1 is 1.28 bits per heavy atom. The molecule has 0 spiro atoms. The Hall–Kier alpha value is -2.77. The summed E-state index contributed by atoms with van der Waals surface area (Å²) in [5, 5.41) is 3.73. The topological polar surface area (TPSA) is 85.5 Å². The zero-order chi connectivity index (χ0) is 17.8. The van der Waals surface area contributed by atoms with Crippen LogP contribution >= 0.6 is 0 Å². The van der Waals surface area contributed by atoms with Crippen molar-refractivity contribution in [3.8, 4) is 11.5 Å². The van der Waals surface area contributed by atoms with E-state index in [1.54, 1.807) is 4.90 Å². The average molecular weight is 347 g/mol. The van der Waals surface area contributed by atoms with Gasteiger partial charge in [-0.2, -0.15) is 4.98 Å². The van der Waals surface area contributed by atoms with E-state index >= 15 is 0 Å². The summed E-state index contributed by atoms with van der Waals surface area (Å²) >= 11 is 0. The first-order chi connectivity index (χ1) is 12.1. The molecule has 25 heavy (non-hydrogen) atoms. The number of ether oxygens (including phenoxy) is 1. The van der Waals surface area contributed by atoms with E-state index in [9.17, 15) is 14.0 Å². The van der Waals surface area contributed by atoms with Gasteiger partial charge in [-0.25, -0.2) is 4.39 Å². The smallest absolute Gasteiger partial charge is 0.305 e. The fourth-order valence-corrected chi connectivity index (χ4v) is 2.82. The zero-order valence-electron chi connectivity index (χ0n) is 13.8. The summed E-state index contributed by atoms with van der Waals surface area (Å²) in [5.74, 6) is -0.541. The van der Waals surface area contributed by atoms with Gasteiger partial charge in [0.25, 0.3) is 17.6 Å². The standard InChI is InChI=1S/C17H18FN3O4/c1-24-14(22)10-11-6-8-21(9-7-11)17(23)15-19-16(25-20-15)12-2-4-13(18)5-3-12/h2-5,11H,6-10H2,1H3. The molecule has 1 aliphatic heterocycles. The molecule has 1 aromatic carbocycles. The number of piperidine rings is 1. The largest absolute Gasteiger partial charge is 0.469 e. The molecule has 0 N–H and O–H groups in total. The summed E-state index contributed by atoms with van der Waals surface area (Å²) in [5.41, 5.74) is 0.546. The van der Waals surface area contributed by atoms with Gasteiger partial charge in [0.1, 0.15) is 5.82 Å². The Morgan fingerprint density at radius 3 is 2.60 bits per heavy atom. The molecule has 8 heteroatoms. The number of halogens is 1. The van der Waals surface area contributed by atoms with E-state index in [0.29, 0.717) is 25.1 Å². The highest BCUT2D eigenvalue weighted by molar-refractivity contribution is 5.90. The van der Waals surface area contributed by atoms with Crippen molar-refractivity contribution in [1.82, 2.24) is 15.0 Å². The van der Waals surface area contributed by atoms with Crippen LogP contribution in [0.25, 0.3) is 11.5 Å². The number of hydrogen-bond acceptors (Lipinski definition) is 6. The van der Waals surface area contributed by atoms with Gasteiger partial charge in [-0.1, -0.05) is 5.16 Å². The fourth-order valence-electron chi connectivity index (χ4n) is 2.82. The summed E-state index contributed by atoms with van der Waals surface area (Å²) in [4.78, 5) is 29.5. The summed E-state index contributed by atoms with van der Waals surface area (Å²) < 4.78 is 22.7. The van der Waals surface area contributed by atoms with Gasteiger partial charge in [0.2, 0.25) is 0 Å². The molecule has 132 valence electrons. The van der Waals surface area contributed by atoms with Crippen LogP contribution in [0.3, 0.4) is 0 Å². The number of carbonyl (C=O) groups is 2. The van der Waals surface area contributed by atoms with Gasteiger partial charge in [-0.05, 0) is 43.0 Å². The Bertz CT molecular complexity index is 752. The third kappa shape index (κ3) is 4.01. The number of carbonyl (C=O) groups excluding carboxylic acids is 2. The van der Waals surface area contributed by atoms with Crippen LogP contribution in [0.15, 0.2) is 28.8 Å². The number of aromatic nitrogens is 2. The van der Waals surface area contributed by atoms with E-state index in [0.717, 1.165) is 12.8 Å². The minimum absolute atomic E-state index is 0.0225. The predicted octanol–water partition coefficient (Wildman–Crippen LogP) is 2.29. The third-order valence-corrected chi connectivity index (χ3v) is 4.29. The first kappa shape index (κ1) is 17.1. The highest BCUT2D eigenvalue weighted by atomic mass is 19.1. The van der Waals surface area contributed by atoms with E-state index in [2.05, 4.69) is 14.9 Å². The van der Waals surface area contributed by atoms with Crippen LogP contribution in [-0.2, 0) is 9.53 Å². The number of esters is 1. The summed E-state index contributed by atoms with van der Waals surface area (Å²) in [6.45, 7) is 1.06. The monoisotopic (exact) mass is 347 g/mol. The fraction of sp³-hybridized carbons (Fsp3) is 0.412. The van der Waals surface area contributed by atoms with Crippen LogP contribution < -0.4 is 0 Å². The summed E-state index contributed by atoms with van der Waals surface area (Å²) in [7, 11) is 1.37. The first-order valence-electron chi connectivity index (χ1n) is 8.02. The van der Waals surface area contributed by atoms with Crippen molar-refractivity contribution in [3.05, 3.63) is 35.9 Å². The van der Waals surface area contributed by atoms with Gasteiger partial charge >= 0.3 is 5.97 Å². The second-order valence-electron chi connectivity index (χ2n) is 5.95. The van der Waals surface area contributed by atoms with Gasteiger partial charge in [0.05, 0.1) is 7.11 Å². The van der Waals surface area contributed by atoms with Gasteiger partial charge in [0.15, 0.2) is 0 Å².